The van der Waals surface area contributed by atoms with Gasteiger partial charge in [0.25, 0.3) is 0 Å². The first kappa shape index (κ1) is 12.9. The molecule has 1 aromatic carbocycles. The van der Waals surface area contributed by atoms with Gasteiger partial charge in [0.05, 0.1) is 6.04 Å². The van der Waals surface area contributed by atoms with Gasteiger partial charge in [-0.1, -0.05) is 12.1 Å². The molecule has 0 amide bonds. The Labute approximate surface area is 107 Å². The summed E-state index contributed by atoms with van der Waals surface area (Å²) in [6.45, 7) is -0.862. The van der Waals surface area contributed by atoms with E-state index in [9.17, 15) is 8.78 Å². The van der Waals surface area contributed by atoms with Crippen molar-refractivity contribution in [3.63, 3.8) is 0 Å². The van der Waals surface area contributed by atoms with E-state index in [2.05, 4.69) is 9.72 Å². The average Bonchev–Trinajstić information content (AvgIpc) is 2.75. The highest BCUT2D eigenvalue weighted by Gasteiger charge is 2.13. The van der Waals surface area contributed by atoms with Gasteiger partial charge >= 0.3 is 6.61 Å². The first-order valence-electron chi connectivity index (χ1n) is 5.29. The van der Waals surface area contributed by atoms with Crippen molar-refractivity contribution in [3.8, 4) is 5.75 Å². The molecule has 2 rings (SSSR count). The average molecular weight is 270 g/mol. The second-order valence-electron chi connectivity index (χ2n) is 3.73. The van der Waals surface area contributed by atoms with Gasteiger partial charge < -0.3 is 10.5 Å². The Kier molecular flexibility index (Phi) is 3.88. The van der Waals surface area contributed by atoms with Crippen LogP contribution in [0.3, 0.4) is 0 Å². The van der Waals surface area contributed by atoms with Gasteiger partial charge in [-0.25, -0.2) is 4.98 Å². The van der Waals surface area contributed by atoms with Crippen molar-refractivity contribution in [3.05, 3.63) is 45.9 Å². The molecule has 0 bridgehead atoms. The molecule has 3 nitrogen and oxygen atoms in total. The monoisotopic (exact) mass is 270 g/mol. The summed E-state index contributed by atoms with van der Waals surface area (Å²) in [6, 6.07) is 5.94. The molecule has 0 radical (unpaired) electrons. The summed E-state index contributed by atoms with van der Waals surface area (Å²) < 4.78 is 28.3. The normalized spacial score (nSPS) is 12.7. The lowest BCUT2D eigenvalue weighted by Crippen LogP contribution is -2.11. The van der Waals surface area contributed by atoms with E-state index in [1.54, 1.807) is 18.3 Å². The van der Waals surface area contributed by atoms with E-state index < -0.39 is 6.61 Å². The minimum Gasteiger partial charge on any atom is -0.435 e. The van der Waals surface area contributed by atoms with Crippen molar-refractivity contribution in [2.24, 2.45) is 5.73 Å². The number of aromatic nitrogens is 1. The number of aryl methyl sites for hydroxylation is 1. The fourth-order valence-corrected chi connectivity index (χ4v) is 2.32. The Morgan fingerprint density at radius 2 is 1.94 bits per heavy atom. The minimum absolute atomic E-state index is 0.122. The van der Waals surface area contributed by atoms with E-state index >= 15 is 0 Å². The molecule has 1 atom stereocenters. The van der Waals surface area contributed by atoms with Gasteiger partial charge in [0.2, 0.25) is 0 Å². The highest BCUT2D eigenvalue weighted by atomic mass is 32.1. The molecule has 0 fully saturated rings. The van der Waals surface area contributed by atoms with Crippen molar-refractivity contribution in [2.45, 2.75) is 19.6 Å². The van der Waals surface area contributed by atoms with Gasteiger partial charge in [0.1, 0.15) is 10.8 Å². The van der Waals surface area contributed by atoms with Crippen LogP contribution in [-0.4, -0.2) is 11.6 Å². The summed E-state index contributed by atoms with van der Waals surface area (Å²) in [6.07, 6.45) is 1.76. The summed E-state index contributed by atoms with van der Waals surface area (Å²) in [4.78, 5) is 5.29. The van der Waals surface area contributed by atoms with Crippen LogP contribution in [0.5, 0.6) is 5.75 Å². The van der Waals surface area contributed by atoms with Crippen LogP contribution in [0.4, 0.5) is 8.78 Å². The Morgan fingerprint density at radius 3 is 2.44 bits per heavy atom. The van der Waals surface area contributed by atoms with Crippen molar-refractivity contribution in [1.29, 1.82) is 0 Å². The molecule has 18 heavy (non-hydrogen) atoms. The van der Waals surface area contributed by atoms with Gasteiger partial charge in [-0.3, -0.25) is 0 Å². The van der Waals surface area contributed by atoms with Crippen molar-refractivity contribution < 1.29 is 13.5 Å². The summed E-state index contributed by atoms with van der Waals surface area (Å²) in [5, 5.41) is 0.801. The van der Waals surface area contributed by atoms with E-state index in [1.807, 2.05) is 6.92 Å². The predicted molar refractivity (Wildman–Crippen MR) is 66.0 cm³/mol. The quantitative estimate of drug-likeness (QED) is 0.928. The van der Waals surface area contributed by atoms with Gasteiger partial charge in [0.15, 0.2) is 0 Å². The number of nitrogens with zero attached hydrogens (tertiary/aromatic N) is 1. The van der Waals surface area contributed by atoms with E-state index in [0.717, 1.165) is 15.4 Å². The molecule has 0 saturated carbocycles. The molecule has 0 saturated heterocycles. The van der Waals surface area contributed by atoms with E-state index in [1.165, 1.54) is 23.5 Å². The fourth-order valence-electron chi connectivity index (χ4n) is 1.52. The van der Waals surface area contributed by atoms with E-state index in [-0.39, 0.29) is 11.8 Å². The molecule has 0 aliphatic heterocycles. The standard InChI is InChI=1S/C12H12F2N2OS/c1-7-6-16-11(18-7)10(15)8-2-4-9(5-3-8)17-12(13)14/h2-6,10,12H,15H2,1H3. The number of rotatable bonds is 4. The number of benzene rings is 1. The number of hydrogen-bond donors (Lipinski definition) is 1. The van der Waals surface area contributed by atoms with Crippen LogP contribution in [0.1, 0.15) is 21.5 Å². The van der Waals surface area contributed by atoms with Gasteiger partial charge in [0, 0.05) is 11.1 Å². The molecule has 2 N–H and O–H groups in total. The zero-order valence-electron chi connectivity index (χ0n) is 9.64. The van der Waals surface area contributed by atoms with Crippen LogP contribution < -0.4 is 10.5 Å². The number of halogens is 2. The second-order valence-corrected chi connectivity index (χ2v) is 5.00. The van der Waals surface area contributed by atoms with Crippen molar-refractivity contribution >= 4 is 11.3 Å². The lowest BCUT2D eigenvalue weighted by atomic mass is 10.1. The Balaban J connectivity index is 2.14. The zero-order valence-corrected chi connectivity index (χ0v) is 10.5. The van der Waals surface area contributed by atoms with Gasteiger partial charge in [-0.15, -0.1) is 11.3 Å². The molecule has 1 unspecified atom stereocenters. The van der Waals surface area contributed by atoms with Crippen LogP contribution in [0.2, 0.25) is 0 Å². The van der Waals surface area contributed by atoms with Crippen molar-refractivity contribution in [2.75, 3.05) is 0 Å². The van der Waals surface area contributed by atoms with E-state index in [0.29, 0.717) is 0 Å². The van der Waals surface area contributed by atoms with Crippen LogP contribution in [0, 0.1) is 6.92 Å². The number of nitrogens with two attached hydrogens (primary N) is 1. The lowest BCUT2D eigenvalue weighted by Gasteiger charge is -2.10. The molecule has 96 valence electrons. The number of alkyl halides is 2. The molecular weight excluding hydrogens is 258 g/mol. The van der Waals surface area contributed by atoms with Crippen LogP contribution in [0.25, 0.3) is 0 Å². The Hall–Kier alpha value is -1.53. The van der Waals surface area contributed by atoms with Gasteiger partial charge in [-0.05, 0) is 24.6 Å². The minimum atomic E-state index is -2.81. The molecule has 2 aromatic rings. The summed E-state index contributed by atoms with van der Waals surface area (Å²) in [7, 11) is 0. The smallest absolute Gasteiger partial charge is 0.387 e. The zero-order chi connectivity index (χ0) is 13.1. The maximum Gasteiger partial charge on any atom is 0.387 e. The molecule has 1 aromatic heterocycles. The van der Waals surface area contributed by atoms with E-state index in [4.69, 9.17) is 5.73 Å². The second kappa shape index (κ2) is 5.41. The van der Waals surface area contributed by atoms with Crippen LogP contribution >= 0.6 is 11.3 Å². The lowest BCUT2D eigenvalue weighted by molar-refractivity contribution is -0.0498. The third kappa shape index (κ3) is 3.02. The largest absolute Gasteiger partial charge is 0.435 e. The SMILES string of the molecule is Cc1cnc(C(N)c2ccc(OC(F)F)cc2)s1. The topological polar surface area (TPSA) is 48.1 Å². The maximum atomic E-state index is 12.0. The third-order valence-corrected chi connectivity index (χ3v) is 3.37. The van der Waals surface area contributed by atoms with Crippen molar-refractivity contribution in [1.82, 2.24) is 4.98 Å². The molecular formula is C12H12F2N2OS. The molecule has 0 aliphatic carbocycles. The first-order valence-corrected chi connectivity index (χ1v) is 6.10. The summed E-state index contributed by atoms with van der Waals surface area (Å²) >= 11 is 1.52. The number of hydrogen-bond acceptors (Lipinski definition) is 4. The maximum absolute atomic E-state index is 12.0. The molecule has 6 heteroatoms. The van der Waals surface area contributed by atoms with Gasteiger partial charge in [-0.2, -0.15) is 8.78 Å². The Morgan fingerprint density at radius 1 is 1.28 bits per heavy atom. The van der Waals surface area contributed by atoms with Crippen LogP contribution in [0.15, 0.2) is 30.5 Å². The summed E-state index contributed by atoms with van der Waals surface area (Å²) in [5.41, 5.74) is 6.85. The molecule has 0 spiro atoms. The Bertz CT molecular complexity index is 513. The molecule has 0 aliphatic rings. The highest BCUT2D eigenvalue weighted by molar-refractivity contribution is 7.11. The third-order valence-electron chi connectivity index (χ3n) is 2.37. The highest BCUT2D eigenvalue weighted by Crippen LogP contribution is 2.25. The predicted octanol–water partition coefficient (Wildman–Crippen LogP) is 3.10. The molecule has 1 heterocycles. The fraction of sp³-hybridized carbons (Fsp3) is 0.250. The number of ether oxygens (including phenoxy) is 1. The first-order chi connectivity index (χ1) is 8.56. The summed E-state index contributed by atoms with van der Waals surface area (Å²) in [5.74, 6) is 0.122. The van der Waals surface area contributed by atoms with Crippen LogP contribution in [-0.2, 0) is 0 Å². The number of thiazole rings is 1.